The lowest BCUT2D eigenvalue weighted by Crippen LogP contribution is -2.45. The molecular weight excluding hydrogens is 282 g/mol. The minimum Gasteiger partial charge on any atom is -0.506 e. The summed E-state index contributed by atoms with van der Waals surface area (Å²) in [4.78, 5) is 16.0. The number of amides is 1. The Kier molecular flexibility index (Phi) is 5.24. The fourth-order valence-electron chi connectivity index (χ4n) is 2.17. The Balaban J connectivity index is 1.77. The van der Waals surface area contributed by atoms with Crippen LogP contribution >= 0.6 is 0 Å². The first-order valence-electron chi connectivity index (χ1n) is 7.67. The van der Waals surface area contributed by atoms with Gasteiger partial charge in [0, 0.05) is 19.1 Å². The van der Waals surface area contributed by atoms with E-state index in [1.54, 1.807) is 12.1 Å². The Bertz CT molecular complexity index is 492. The highest BCUT2D eigenvalue weighted by Gasteiger charge is 2.33. The van der Waals surface area contributed by atoms with Gasteiger partial charge in [-0.05, 0) is 51.7 Å². The summed E-state index contributed by atoms with van der Waals surface area (Å²) in [5.74, 6) is 0.680. The number of carbonyl (C=O) groups is 1. The zero-order valence-electron chi connectivity index (χ0n) is 13.4. The third-order valence-electron chi connectivity index (χ3n) is 3.37. The summed E-state index contributed by atoms with van der Waals surface area (Å²) >= 11 is 0. The minimum atomic E-state index is -0.485. The number of ether oxygens (including phenoxy) is 1. The number of hydrogen-bond acceptors (Lipinski definition) is 5. The number of nitrogens with one attached hydrogen (secondary N) is 2. The maximum Gasteiger partial charge on any atom is 0.407 e. The summed E-state index contributed by atoms with van der Waals surface area (Å²) in [7, 11) is 0. The van der Waals surface area contributed by atoms with Crippen molar-refractivity contribution in [2.24, 2.45) is 5.92 Å². The van der Waals surface area contributed by atoms with Crippen LogP contribution in [0.5, 0.6) is 5.75 Å². The van der Waals surface area contributed by atoms with Crippen LogP contribution in [0, 0.1) is 5.92 Å². The Morgan fingerprint density at radius 2 is 2.18 bits per heavy atom. The quantitative estimate of drug-likeness (QED) is 0.750. The van der Waals surface area contributed by atoms with Crippen molar-refractivity contribution in [1.29, 1.82) is 0 Å². The summed E-state index contributed by atoms with van der Waals surface area (Å²) in [6, 6.07) is 3.46. The number of rotatable bonds is 6. The van der Waals surface area contributed by atoms with Gasteiger partial charge in [-0.3, -0.25) is 4.98 Å². The molecule has 1 atom stereocenters. The number of carbonyl (C=O) groups excluding carboxylic acids is 1. The van der Waals surface area contributed by atoms with Crippen LogP contribution in [0.15, 0.2) is 18.3 Å². The van der Waals surface area contributed by atoms with Crippen molar-refractivity contribution in [3.63, 3.8) is 0 Å². The maximum absolute atomic E-state index is 11.9. The smallest absolute Gasteiger partial charge is 0.407 e. The molecule has 122 valence electrons. The summed E-state index contributed by atoms with van der Waals surface area (Å²) in [5, 5.41) is 15.4. The van der Waals surface area contributed by atoms with E-state index < -0.39 is 5.60 Å². The summed E-state index contributed by atoms with van der Waals surface area (Å²) in [6.45, 7) is 6.83. The third-order valence-corrected chi connectivity index (χ3v) is 3.37. The molecule has 1 aliphatic carbocycles. The zero-order valence-corrected chi connectivity index (χ0v) is 13.4. The normalized spacial score (nSPS) is 16.1. The molecule has 22 heavy (non-hydrogen) atoms. The van der Waals surface area contributed by atoms with E-state index in [4.69, 9.17) is 4.74 Å². The monoisotopic (exact) mass is 307 g/mol. The first-order valence-corrected chi connectivity index (χ1v) is 7.67. The lowest BCUT2D eigenvalue weighted by molar-refractivity contribution is 0.0497. The van der Waals surface area contributed by atoms with Gasteiger partial charge in [-0.15, -0.1) is 0 Å². The first kappa shape index (κ1) is 16.5. The van der Waals surface area contributed by atoms with Gasteiger partial charge < -0.3 is 20.5 Å². The largest absolute Gasteiger partial charge is 0.506 e. The van der Waals surface area contributed by atoms with Gasteiger partial charge in [-0.1, -0.05) is 0 Å². The lowest BCUT2D eigenvalue weighted by Gasteiger charge is -2.24. The fraction of sp³-hybridized carbons (Fsp3) is 0.625. The molecule has 0 radical (unpaired) electrons. The topological polar surface area (TPSA) is 83.5 Å². The molecule has 1 unspecified atom stereocenters. The van der Waals surface area contributed by atoms with E-state index in [-0.39, 0.29) is 17.9 Å². The molecule has 6 heteroatoms. The van der Waals surface area contributed by atoms with Gasteiger partial charge >= 0.3 is 6.09 Å². The highest BCUT2D eigenvalue weighted by Crippen LogP contribution is 2.32. The van der Waals surface area contributed by atoms with Gasteiger partial charge in [0.15, 0.2) is 0 Å². The Morgan fingerprint density at radius 3 is 2.73 bits per heavy atom. The van der Waals surface area contributed by atoms with Crippen LogP contribution in [0.2, 0.25) is 0 Å². The Morgan fingerprint density at radius 1 is 1.45 bits per heavy atom. The van der Waals surface area contributed by atoms with E-state index in [1.165, 1.54) is 6.20 Å². The van der Waals surface area contributed by atoms with Gasteiger partial charge in [0.05, 0.1) is 11.9 Å². The van der Waals surface area contributed by atoms with E-state index in [0.29, 0.717) is 19.0 Å². The van der Waals surface area contributed by atoms with Crippen LogP contribution in [-0.4, -0.2) is 34.4 Å². The van der Waals surface area contributed by atoms with E-state index in [2.05, 4.69) is 15.6 Å². The second-order valence-electron chi connectivity index (χ2n) is 6.73. The molecule has 1 fully saturated rings. The van der Waals surface area contributed by atoms with Crippen LogP contribution in [-0.2, 0) is 11.3 Å². The van der Waals surface area contributed by atoms with Crippen molar-refractivity contribution in [1.82, 2.24) is 15.6 Å². The van der Waals surface area contributed by atoms with E-state index in [9.17, 15) is 9.90 Å². The van der Waals surface area contributed by atoms with Gasteiger partial charge in [-0.2, -0.15) is 0 Å². The van der Waals surface area contributed by atoms with E-state index in [0.717, 1.165) is 18.5 Å². The summed E-state index contributed by atoms with van der Waals surface area (Å²) < 4.78 is 5.31. The number of pyridine rings is 1. The van der Waals surface area contributed by atoms with Crippen molar-refractivity contribution in [3.05, 3.63) is 24.0 Å². The van der Waals surface area contributed by atoms with Gasteiger partial charge in [-0.25, -0.2) is 4.79 Å². The van der Waals surface area contributed by atoms with Crippen molar-refractivity contribution in [2.75, 3.05) is 6.54 Å². The van der Waals surface area contributed by atoms with Gasteiger partial charge in [0.25, 0.3) is 0 Å². The number of hydrogen-bond donors (Lipinski definition) is 3. The second kappa shape index (κ2) is 6.96. The minimum absolute atomic E-state index is 0.0759. The standard InChI is InChI=1S/C16H25N3O3/c1-16(2,3)22-15(21)19-14(11-4-5-11)10-17-8-12-6-7-13(20)9-18-12/h6-7,9,11,14,17,20H,4-5,8,10H2,1-3H3,(H,19,21). The predicted octanol–water partition coefficient (Wildman–Crippen LogP) is 2.18. The summed E-state index contributed by atoms with van der Waals surface area (Å²) in [6.07, 6.45) is 3.34. The molecule has 1 amide bonds. The Hall–Kier alpha value is -1.82. The maximum atomic E-state index is 11.9. The third kappa shape index (κ3) is 5.89. The molecule has 2 rings (SSSR count). The molecule has 0 aliphatic heterocycles. The first-order chi connectivity index (χ1) is 10.3. The molecule has 1 aromatic rings. The molecule has 6 nitrogen and oxygen atoms in total. The van der Waals surface area contributed by atoms with Crippen LogP contribution in [0.4, 0.5) is 4.79 Å². The number of aromatic nitrogens is 1. The molecular formula is C16H25N3O3. The zero-order chi connectivity index (χ0) is 16.2. The molecule has 0 aromatic carbocycles. The molecule has 0 saturated heterocycles. The SMILES string of the molecule is CC(C)(C)OC(=O)NC(CNCc1ccc(O)cn1)C1CC1. The van der Waals surface area contributed by atoms with Crippen LogP contribution < -0.4 is 10.6 Å². The number of alkyl carbamates (subject to hydrolysis) is 1. The van der Waals surface area contributed by atoms with Crippen LogP contribution in [0.3, 0.4) is 0 Å². The molecule has 3 N–H and O–H groups in total. The van der Waals surface area contributed by atoms with Gasteiger partial charge in [0.1, 0.15) is 11.4 Å². The highest BCUT2D eigenvalue weighted by molar-refractivity contribution is 5.68. The fourth-order valence-corrected chi connectivity index (χ4v) is 2.17. The predicted molar refractivity (Wildman–Crippen MR) is 83.5 cm³/mol. The highest BCUT2D eigenvalue weighted by atomic mass is 16.6. The number of nitrogens with zero attached hydrogens (tertiary/aromatic N) is 1. The van der Waals surface area contributed by atoms with Crippen LogP contribution in [0.1, 0.15) is 39.3 Å². The molecule has 1 heterocycles. The Labute approximate surface area is 131 Å². The molecule has 1 saturated carbocycles. The average Bonchev–Trinajstić information content (AvgIpc) is 3.22. The lowest BCUT2D eigenvalue weighted by atomic mass is 10.2. The second-order valence-corrected chi connectivity index (χ2v) is 6.73. The van der Waals surface area contributed by atoms with Crippen molar-refractivity contribution >= 4 is 6.09 Å². The molecule has 0 bridgehead atoms. The number of aromatic hydroxyl groups is 1. The summed E-state index contributed by atoms with van der Waals surface area (Å²) in [5.41, 5.74) is 0.367. The molecule has 1 aliphatic rings. The molecule has 0 spiro atoms. The van der Waals surface area contributed by atoms with Crippen molar-refractivity contribution < 1.29 is 14.6 Å². The van der Waals surface area contributed by atoms with Gasteiger partial charge in [0.2, 0.25) is 0 Å². The van der Waals surface area contributed by atoms with E-state index in [1.807, 2.05) is 20.8 Å². The molecule has 1 aromatic heterocycles. The van der Waals surface area contributed by atoms with Crippen molar-refractivity contribution in [3.8, 4) is 5.75 Å². The van der Waals surface area contributed by atoms with E-state index >= 15 is 0 Å². The van der Waals surface area contributed by atoms with Crippen molar-refractivity contribution in [2.45, 2.75) is 51.8 Å². The van der Waals surface area contributed by atoms with Crippen LogP contribution in [0.25, 0.3) is 0 Å². The average molecular weight is 307 g/mol.